The van der Waals surface area contributed by atoms with E-state index < -0.39 is 0 Å². The van der Waals surface area contributed by atoms with Crippen LogP contribution < -0.4 is 16.4 Å². The van der Waals surface area contributed by atoms with Gasteiger partial charge in [0.2, 0.25) is 0 Å². The van der Waals surface area contributed by atoms with Crippen LogP contribution in [-0.4, -0.2) is 46.4 Å². The number of thioether (sulfide) groups is 1. The number of nitriles is 1. The van der Waals surface area contributed by atoms with Crippen molar-refractivity contribution in [2.24, 2.45) is 4.99 Å². The number of hydrogen-bond acceptors (Lipinski definition) is 5. The Morgan fingerprint density at radius 3 is 2.63 bits per heavy atom. The van der Waals surface area contributed by atoms with E-state index in [1.54, 1.807) is 23.9 Å². The molecule has 0 saturated heterocycles. The Morgan fingerprint density at radius 1 is 1.33 bits per heavy atom. The maximum atomic E-state index is 13.2. The molecule has 0 fully saturated rings. The second-order valence-electron chi connectivity index (χ2n) is 7.40. The van der Waals surface area contributed by atoms with E-state index in [0.29, 0.717) is 36.5 Å². The molecule has 1 aromatic heterocycles. The number of hydrogen-bond donors (Lipinski definition) is 3. The molecule has 0 aliphatic heterocycles. The zero-order valence-corrected chi connectivity index (χ0v) is 18.8. The molecule has 0 aliphatic carbocycles. The highest BCUT2D eigenvalue weighted by Gasteiger charge is 2.17. The number of nitrogens with one attached hydrogen (secondary N) is 2. The van der Waals surface area contributed by atoms with Crippen LogP contribution in [0.1, 0.15) is 38.4 Å². The van der Waals surface area contributed by atoms with Crippen molar-refractivity contribution in [3.8, 4) is 11.8 Å². The molecule has 1 heterocycles. The molecule has 2 rings (SSSR count). The van der Waals surface area contributed by atoms with Crippen molar-refractivity contribution < 1.29 is 4.39 Å². The third-order valence-electron chi connectivity index (χ3n) is 4.57. The Kier molecular flexibility index (Phi) is 8.54. The van der Waals surface area contributed by atoms with Gasteiger partial charge in [0.25, 0.3) is 0 Å². The predicted molar refractivity (Wildman–Crippen MR) is 123 cm³/mol. The van der Waals surface area contributed by atoms with E-state index in [1.807, 2.05) is 6.92 Å². The fourth-order valence-corrected chi connectivity index (χ4v) is 2.89. The van der Waals surface area contributed by atoms with Crippen LogP contribution in [0.4, 0.5) is 10.2 Å². The molecule has 0 unspecified atom stereocenters. The molecule has 0 spiro atoms. The van der Waals surface area contributed by atoms with Crippen molar-refractivity contribution >= 4 is 23.5 Å². The highest BCUT2D eigenvalue weighted by molar-refractivity contribution is 7.99. The third-order valence-corrected chi connectivity index (χ3v) is 5.81. The average molecular weight is 432 g/mol. The number of aromatic nitrogens is 2. The van der Waals surface area contributed by atoms with E-state index in [2.05, 4.69) is 46.9 Å². The zero-order valence-electron chi connectivity index (χ0n) is 18.0. The Hall–Kier alpha value is -2.73. The highest BCUT2D eigenvalue weighted by Crippen LogP contribution is 2.22. The molecule has 9 heteroatoms. The summed E-state index contributed by atoms with van der Waals surface area (Å²) in [5.74, 6) is 0.702. The fraction of sp³-hybridized carbons (Fsp3) is 0.476. The van der Waals surface area contributed by atoms with Gasteiger partial charge in [-0.1, -0.05) is 0 Å². The van der Waals surface area contributed by atoms with E-state index in [0.717, 1.165) is 18.9 Å². The monoisotopic (exact) mass is 431 g/mol. The topological polar surface area (TPSA) is 104 Å². The predicted octanol–water partition coefficient (Wildman–Crippen LogP) is 3.09. The minimum Gasteiger partial charge on any atom is -0.382 e. The van der Waals surface area contributed by atoms with Crippen molar-refractivity contribution in [3.05, 3.63) is 41.3 Å². The van der Waals surface area contributed by atoms with E-state index in [1.165, 1.54) is 16.8 Å². The van der Waals surface area contributed by atoms with Crippen molar-refractivity contribution in [1.29, 1.82) is 5.26 Å². The summed E-state index contributed by atoms with van der Waals surface area (Å²) in [6.45, 7) is 8.52. The molecular weight excluding hydrogens is 401 g/mol. The molecule has 0 aliphatic rings. The highest BCUT2D eigenvalue weighted by atomic mass is 32.2. The molecule has 30 heavy (non-hydrogen) atoms. The molecule has 7 nitrogen and oxygen atoms in total. The number of halogens is 1. The van der Waals surface area contributed by atoms with Crippen molar-refractivity contribution in [2.45, 2.75) is 38.4 Å². The van der Waals surface area contributed by atoms with Crippen molar-refractivity contribution in [3.63, 3.8) is 0 Å². The number of aliphatic imine (C=N–C) groups is 1. The number of benzene rings is 1. The zero-order chi connectivity index (χ0) is 22.1. The van der Waals surface area contributed by atoms with Gasteiger partial charge in [0.05, 0.1) is 17.9 Å². The van der Waals surface area contributed by atoms with Gasteiger partial charge in [-0.3, -0.25) is 4.99 Å². The summed E-state index contributed by atoms with van der Waals surface area (Å²) < 4.78 is 14.7. The van der Waals surface area contributed by atoms with Gasteiger partial charge in [-0.05, 0) is 64.1 Å². The quantitative estimate of drug-likeness (QED) is 0.320. The van der Waals surface area contributed by atoms with Crippen LogP contribution >= 0.6 is 11.8 Å². The molecule has 0 bridgehead atoms. The number of rotatable bonds is 9. The Bertz CT molecular complexity index is 897. The van der Waals surface area contributed by atoms with Crippen LogP contribution in [-0.2, 0) is 6.42 Å². The first-order valence-electron chi connectivity index (χ1n) is 9.92. The summed E-state index contributed by atoms with van der Waals surface area (Å²) in [5.41, 5.74) is 7.72. The minimum atomic E-state index is -0.338. The summed E-state index contributed by atoms with van der Waals surface area (Å²) in [5, 5.41) is 20.6. The second-order valence-corrected chi connectivity index (χ2v) is 8.91. The van der Waals surface area contributed by atoms with Crippen LogP contribution in [0.3, 0.4) is 0 Å². The van der Waals surface area contributed by atoms with Gasteiger partial charge < -0.3 is 16.4 Å². The summed E-state index contributed by atoms with van der Waals surface area (Å²) >= 11 is 1.78. The molecule has 0 radical (unpaired) electrons. The van der Waals surface area contributed by atoms with Crippen molar-refractivity contribution in [2.75, 3.05) is 31.6 Å². The van der Waals surface area contributed by atoms with Gasteiger partial charge in [-0.25, -0.2) is 9.07 Å². The van der Waals surface area contributed by atoms with Crippen LogP contribution in [0.15, 0.2) is 29.3 Å². The van der Waals surface area contributed by atoms with E-state index >= 15 is 0 Å². The SMILES string of the molecule is CCNC(=NCC(C)(C)SC)NCCCc1nn(-c2ccc(F)cc2)c(N)c1C#N. The first-order valence-corrected chi connectivity index (χ1v) is 11.1. The van der Waals surface area contributed by atoms with E-state index in [-0.39, 0.29) is 16.4 Å². The average Bonchev–Trinajstić information content (AvgIpc) is 3.05. The lowest BCUT2D eigenvalue weighted by Gasteiger charge is -2.20. The molecule has 0 amide bonds. The molecule has 162 valence electrons. The Balaban J connectivity index is 2.01. The van der Waals surface area contributed by atoms with Gasteiger partial charge in [0, 0.05) is 17.8 Å². The summed E-state index contributed by atoms with van der Waals surface area (Å²) in [4.78, 5) is 4.65. The Morgan fingerprint density at radius 2 is 2.03 bits per heavy atom. The lowest BCUT2D eigenvalue weighted by Crippen LogP contribution is -2.39. The molecule has 2 aromatic rings. The molecule has 4 N–H and O–H groups in total. The molecule has 1 aromatic carbocycles. The number of nitrogen functional groups attached to an aromatic ring is 1. The van der Waals surface area contributed by atoms with E-state index in [4.69, 9.17) is 5.73 Å². The fourth-order valence-electron chi connectivity index (χ4n) is 2.69. The van der Waals surface area contributed by atoms with Gasteiger partial charge in [0.15, 0.2) is 5.96 Å². The molecular formula is C21H30FN7S. The summed E-state index contributed by atoms with van der Waals surface area (Å²) in [6.07, 6.45) is 3.42. The lowest BCUT2D eigenvalue weighted by atomic mass is 10.1. The van der Waals surface area contributed by atoms with Crippen LogP contribution in [0.25, 0.3) is 5.69 Å². The minimum absolute atomic E-state index is 0.0781. The van der Waals surface area contributed by atoms with Crippen molar-refractivity contribution in [1.82, 2.24) is 20.4 Å². The van der Waals surface area contributed by atoms with Crippen LogP contribution in [0.5, 0.6) is 0 Å². The van der Waals surface area contributed by atoms with Gasteiger partial charge in [-0.2, -0.15) is 22.1 Å². The van der Waals surface area contributed by atoms with Crippen LogP contribution in [0.2, 0.25) is 0 Å². The van der Waals surface area contributed by atoms with E-state index in [9.17, 15) is 9.65 Å². The normalized spacial score (nSPS) is 11.9. The molecule has 0 atom stereocenters. The molecule has 0 saturated carbocycles. The van der Waals surface area contributed by atoms with Gasteiger partial charge in [-0.15, -0.1) is 0 Å². The maximum Gasteiger partial charge on any atom is 0.191 e. The smallest absolute Gasteiger partial charge is 0.191 e. The van der Waals surface area contributed by atoms with Crippen LogP contribution in [0, 0.1) is 17.1 Å². The lowest BCUT2D eigenvalue weighted by molar-refractivity contribution is 0.627. The van der Waals surface area contributed by atoms with Gasteiger partial charge >= 0.3 is 0 Å². The summed E-state index contributed by atoms with van der Waals surface area (Å²) in [7, 11) is 0. The number of aryl methyl sites for hydroxylation is 1. The number of nitrogens with two attached hydrogens (primary N) is 1. The number of guanidine groups is 1. The number of nitrogens with zero attached hydrogens (tertiary/aromatic N) is 4. The summed E-state index contributed by atoms with van der Waals surface area (Å²) in [6, 6.07) is 7.98. The number of anilines is 1. The Labute approximate surface area is 181 Å². The second kappa shape index (κ2) is 10.9. The first-order chi connectivity index (χ1) is 14.3. The third kappa shape index (κ3) is 6.39. The maximum absolute atomic E-state index is 13.2. The van der Waals surface area contributed by atoms with Gasteiger partial charge in [0.1, 0.15) is 23.3 Å². The standard InChI is InChI=1S/C21H30FN7S/c1-5-25-20(27-14-21(2,3)30-4)26-12-6-7-18-17(13-23)19(24)29(28-18)16-10-8-15(22)9-11-16/h8-11H,5-7,12,14,24H2,1-4H3,(H2,25,26,27). The largest absolute Gasteiger partial charge is 0.382 e. The first kappa shape index (κ1) is 23.5.